The van der Waals surface area contributed by atoms with Crippen LogP contribution in [0.5, 0.6) is 0 Å². The van der Waals surface area contributed by atoms with Gasteiger partial charge in [-0.1, -0.05) is 6.92 Å². The van der Waals surface area contributed by atoms with E-state index in [2.05, 4.69) is 26.7 Å². The second kappa shape index (κ2) is 7.21. The maximum atomic E-state index is 12.2. The molecule has 2 aromatic rings. The van der Waals surface area contributed by atoms with Crippen LogP contribution in [0.3, 0.4) is 0 Å². The average Bonchev–Trinajstić information content (AvgIpc) is 2.91. The maximum absolute atomic E-state index is 12.2. The average molecular weight is 369 g/mol. The molecule has 0 spiro atoms. The van der Waals surface area contributed by atoms with Crippen LogP contribution in [0.25, 0.3) is 10.2 Å². The Balaban J connectivity index is 2.03. The highest BCUT2D eigenvalue weighted by Gasteiger charge is 2.25. The molecule has 0 saturated carbocycles. The van der Waals surface area contributed by atoms with Crippen LogP contribution < -0.4 is 4.90 Å². The maximum Gasteiger partial charge on any atom is 0.348 e. The second-order valence-electron chi connectivity index (χ2n) is 5.69. The first-order valence-electron chi connectivity index (χ1n) is 8.16. The lowest BCUT2D eigenvalue weighted by Gasteiger charge is -2.35. The van der Waals surface area contributed by atoms with Gasteiger partial charge in [0.25, 0.3) is 0 Å². The normalized spacial score (nSPS) is 15.9. The first-order chi connectivity index (χ1) is 11.5. The van der Waals surface area contributed by atoms with Gasteiger partial charge in [-0.2, -0.15) is 4.98 Å². The van der Waals surface area contributed by atoms with Gasteiger partial charge in [0.15, 0.2) is 0 Å². The number of fused-ring (bicyclic) bond motifs is 1. The van der Waals surface area contributed by atoms with Crippen molar-refractivity contribution in [2.24, 2.45) is 0 Å². The summed E-state index contributed by atoms with van der Waals surface area (Å²) >= 11 is 7.45. The molecule has 0 bridgehead atoms. The predicted octanol–water partition coefficient (Wildman–Crippen LogP) is 2.97. The summed E-state index contributed by atoms with van der Waals surface area (Å²) in [6, 6.07) is 0. The Bertz CT molecular complexity index is 756. The van der Waals surface area contributed by atoms with Gasteiger partial charge in [0.2, 0.25) is 5.28 Å². The molecule has 0 unspecified atom stereocenters. The van der Waals surface area contributed by atoms with Crippen molar-refractivity contribution in [2.45, 2.75) is 20.8 Å². The van der Waals surface area contributed by atoms with Crippen molar-refractivity contribution in [3.63, 3.8) is 0 Å². The number of likely N-dealkylation sites (N-methyl/N-ethyl adjacent to an activating group) is 1. The predicted molar refractivity (Wildman–Crippen MR) is 97.4 cm³/mol. The van der Waals surface area contributed by atoms with Gasteiger partial charge in [0.1, 0.15) is 15.5 Å². The van der Waals surface area contributed by atoms with Crippen molar-refractivity contribution in [1.29, 1.82) is 0 Å². The van der Waals surface area contributed by atoms with Crippen LogP contribution in [0, 0.1) is 6.92 Å². The van der Waals surface area contributed by atoms with E-state index >= 15 is 0 Å². The lowest BCUT2D eigenvalue weighted by Crippen LogP contribution is -2.46. The molecule has 24 heavy (non-hydrogen) atoms. The molecule has 1 aliphatic rings. The Kier molecular flexibility index (Phi) is 5.22. The monoisotopic (exact) mass is 368 g/mol. The highest BCUT2D eigenvalue weighted by atomic mass is 35.5. The number of ether oxygens (including phenoxy) is 1. The van der Waals surface area contributed by atoms with Gasteiger partial charge in [0, 0.05) is 26.2 Å². The third kappa shape index (κ3) is 3.20. The molecule has 8 heteroatoms. The molecule has 1 fully saturated rings. The Hall–Kier alpha value is -1.44. The van der Waals surface area contributed by atoms with Crippen LogP contribution in [0.1, 0.15) is 29.1 Å². The largest absolute Gasteiger partial charge is 0.462 e. The van der Waals surface area contributed by atoms with Gasteiger partial charge in [0.05, 0.1) is 12.0 Å². The van der Waals surface area contributed by atoms with Crippen molar-refractivity contribution in [1.82, 2.24) is 14.9 Å². The zero-order valence-electron chi connectivity index (χ0n) is 14.1. The number of anilines is 1. The van der Waals surface area contributed by atoms with Gasteiger partial charge in [-0.15, -0.1) is 11.3 Å². The van der Waals surface area contributed by atoms with Gasteiger partial charge in [-0.05, 0) is 37.6 Å². The topological polar surface area (TPSA) is 58.6 Å². The molecule has 3 rings (SSSR count). The summed E-state index contributed by atoms with van der Waals surface area (Å²) in [7, 11) is 0. The van der Waals surface area contributed by atoms with Crippen molar-refractivity contribution < 1.29 is 9.53 Å². The van der Waals surface area contributed by atoms with E-state index in [0.29, 0.717) is 11.5 Å². The lowest BCUT2D eigenvalue weighted by atomic mass is 10.2. The van der Waals surface area contributed by atoms with Crippen LogP contribution in [0.4, 0.5) is 5.82 Å². The van der Waals surface area contributed by atoms with E-state index in [1.54, 1.807) is 6.92 Å². The van der Waals surface area contributed by atoms with Crippen LogP contribution in [0.15, 0.2) is 0 Å². The quantitative estimate of drug-likeness (QED) is 0.610. The van der Waals surface area contributed by atoms with Crippen molar-refractivity contribution >= 4 is 44.9 Å². The third-order valence-electron chi connectivity index (χ3n) is 4.32. The molecule has 0 aliphatic carbocycles. The van der Waals surface area contributed by atoms with E-state index in [9.17, 15) is 4.79 Å². The molecule has 6 nitrogen and oxygen atoms in total. The standard InChI is InChI=1S/C16H21ClN4O2S/c1-4-20-6-8-21(9-7-20)13-11-10(3)12(15(22)23-5-2)24-14(11)19-16(17)18-13/h4-9H2,1-3H3. The smallest absolute Gasteiger partial charge is 0.348 e. The molecular weight excluding hydrogens is 348 g/mol. The number of rotatable bonds is 4. The highest BCUT2D eigenvalue weighted by molar-refractivity contribution is 7.20. The zero-order chi connectivity index (χ0) is 17.3. The summed E-state index contributed by atoms with van der Waals surface area (Å²) in [5.41, 5.74) is 0.873. The fourth-order valence-electron chi connectivity index (χ4n) is 2.99. The van der Waals surface area contributed by atoms with E-state index < -0.39 is 0 Å². The highest BCUT2D eigenvalue weighted by Crippen LogP contribution is 2.36. The molecule has 2 aromatic heterocycles. The molecule has 0 radical (unpaired) electrons. The van der Waals surface area contributed by atoms with E-state index in [4.69, 9.17) is 16.3 Å². The molecule has 0 aromatic carbocycles. The number of aromatic nitrogens is 2. The minimum Gasteiger partial charge on any atom is -0.462 e. The zero-order valence-corrected chi connectivity index (χ0v) is 15.7. The van der Waals surface area contributed by atoms with Crippen molar-refractivity contribution in [3.05, 3.63) is 15.7 Å². The van der Waals surface area contributed by atoms with Crippen LogP contribution >= 0.6 is 22.9 Å². The molecule has 1 aliphatic heterocycles. The number of hydrogen-bond donors (Lipinski definition) is 0. The van der Waals surface area contributed by atoms with Crippen molar-refractivity contribution in [2.75, 3.05) is 44.2 Å². The number of nitrogens with zero attached hydrogens (tertiary/aromatic N) is 4. The Labute approximate surface area is 150 Å². The van der Waals surface area contributed by atoms with Gasteiger partial charge < -0.3 is 14.5 Å². The summed E-state index contributed by atoms with van der Waals surface area (Å²) < 4.78 is 5.15. The number of aryl methyl sites for hydroxylation is 1. The molecule has 3 heterocycles. The van der Waals surface area contributed by atoms with Gasteiger partial charge in [-0.3, -0.25) is 0 Å². The number of esters is 1. The van der Waals surface area contributed by atoms with E-state index in [1.807, 2.05) is 6.92 Å². The molecular formula is C16H21ClN4O2S. The number of hydrogen-bond acceptors (Lipinski definition) is 7. The SMILES string of the molecule is CCOC(=O)c1sc2nc(Cl)nc(N3CCN(CC)CC3)c2c1C. The first-order valence-corrected chi connectivity index (χ1v) is 9.35. The summed E-state index contributed by atoms with van der Waals surface area (Å²) in [5, 5.41) is 1.13. The molecule has 1 saturated heterocycles. The van der Waals surface area contributed by atoms with Crippen LogP contribution in [0.2, 0.25) is 5.28 Å². The molecule has 0 atom stereocenters. The van der Waals surface area contributed by atoms with Crippen molar-refractivity contribution in [3.8, 4) is 0 Å². The van der Waals surface area contributed by atoms with E-state index in [1.165, 1.54) is 11.3 Å². The summed E-state index contributed by atoms with van der Waals surface area (Å²) in [6.45, 7) is 11.1. The minimum absolute atomic E-state index is 0.215. The summed E-state index contributed by atoms with van der Waals surface area (Å²) in [4.78, 5) is 26.9. The van der Waals surface area contributed by atoms with E-state index in [0.717, 1.165) is 54.3 Å². The third-order valence-corrected chi connectivity index (χ3v) is 5.66. The number of carbonyl (C=O) groups excluding carboxylic acids is 1. The van der Waals surface area contributed by atoms with Gasteiger partial charge in [-0.25, -0.2) is 9.78 Å². The number of halogens is 1. The Morgan fingerprint density at radius 2 is 1.96 bits per heavy atom. The molecule has 130 valence electrons. The fraction of sp³-hybridized carbons (Fsp3) is 0.562. The second-order valence-corrected chi connectivity index (χ2v) is 7.03. The van der Waals surface area contributed by atoms with Gasteiger partial charge >= 0.3 is 5.97 Å². The molecule has 0 amide bonds. The first kappa shape index (κ1) is 17.4. The fourth-order valence-corrected chi connectivity index (χ4v) is 4.27. The van der Waals surface area contributed by atoms with Crippen LogP contribution in [-0.4, -0.2) is 60.2 Å². The van der Waals surface area contributed by atoms with Crippen LogP contribution in [-0.2, 0) is 4.74 Å². The van der Waals surface area contributed by atoms with E-state index in [-0.39, 0.29) is 11.3 Å². The summed E-state index contributed by atoms with van der Waals surface area (Å²) in [6.07, 6.45) is 0. The Morgan fingerprint density at radius 3 is 2.58 bits per heavy atom. The minimum atomic E-state index is -0.309. The number of piperazine rings is 1. The number of thiophene rings is 1. The Morgan fingerprint density at radius 1 is 1.25 bits per heavy atom. The summed E-state index contributed by atoms with van der Waals surface area (Å²) in [5.74, 6) is 0.515. The number of carbonyl (C=O) groups is 1. The molecule has 0 N–H and O–H groups in total. The lowest BCUT2D eigenvalue weighted by molar-refractivity contribution is 0.0531.